The van der Waals surface area contributed by atoms with Gasteiger partial charge in [0, 0.05) is 18.7 Å². The summed E-state index contributed by atoms with van der Waals surface area (Å²) >= 11 is 6.18. The maximum absolute atomic E-state index is 14.3. The molecule has 1 N–H and O–H groups in total. The van der Waals surface area contributed by atoms with Gasteiger partial charge in [-0.3, -0.25) is 4.31 Å². The van der Waals surface area contributed by atoms with Gasteiger partial charge in [0.1, 0.15) is 5.82 Å². The normalized spacial score (nSPS) is 15.9. The molecule has 1 unspecified atom stereocenters. The monoisotopic (exact) mass is 508 g/mol. The van der Waals surface area contributed by atoms with Crippen LogP contribution >= 0.6 is 11.6 Å². The van der Waals surface area contributed by atoms with Gasteiger partial charge in [-0.1, -0.05) is 35.9 Å². The summed E-state index contributed by atoms with van der Waals surface area (Å²) in [6, 6.07) is 14.2. The first kappa shape index (κ1) is 24.2. The highest BCUT2D eigenvalue weighted by Crippen LogP contribution is 2.37. The minimum atomic E-state index is -4.56. The summed E-state index contributed by atoms with van der Waals surface area (Å²) < 4.78 is 69.3. The number of halogens is 5. The second-order valence-corrected chi connectivity index (χ2v) is 10.5. The Bertz CT molecular complexity index is 1360. The van der Waals surface area contributed by atoms with Crippen LogP contribution in [0.15, 0.2) is 65.6 Å². The molecule has 178 valence electrons. The molecular weight excluding hydrogens is 488 g/mol. The third-order valence-electron chi connectivity index (χ3n) is 5.55. The van der Waals surface area contributed by atoms with E-state index in [2.05, 4.69) is 11.2 Å². The van der Waals surface area contributed by atoms with E-state index in [1.54, 1.807) is 31.2 Å². The van der Waals surface area contributed by atoms with Crippen molar-refractivity contribution in [2.24, 2.45) is 0 Å². The van der Waals surface area contributed by atoms with Crippen LogP contribution in [0.3, 0.4) is 0 Å². The smallest absolute Gasteiger partial charge is 0.382 e. The van der Waals surface area contributed by atoms with Crippen molar-refractivity contribution in [2.75, 3.05) is 22.7 Å². The summed E-state index contributed by atoms with van der Waals surface area (Å²) in [5.41, 5.74) is 1.88. The molecule has 1 aliphatic rings. The average molecular weight is 509 g/mol. The minimum absolute atomic E-state index is 0.00885. The molecule has 9 heteroatoms. The van der Waals surface area contributed by atoms with Crippen LogP contribution in [0.25, 0.3) is 11.6 Å². The molecule has 3 aromatic carbocycles. The van der Waals surface area contributed by atoms with Crippen molar-refractivity contribution < 1.29 is 21.8 Å². The number of alkyl halides is 3. The van der Waals surface area contributed by atoms with E-state index in [0.717, 1.165) is 12.1 Å². The van der Waals surface area contributed by atoms with Gasteiger partial charge in [0.25, 0.3) is 0 Å². The lowest BCUT2D eigenvalue weighted by molar-refractivity contribution is -0.137. The van der Waals surface area contributed by atoms with Crippen LogP contribution < -0.4 is 9.62 Å². The predicted octanol–water partition coefficient (Wildman–Crippen LogP) is 6.98. The molecule has 0 aromatic heterocycles. The molecule has 34 heavy (non-hydrogen) atoms. The summed E-state index contributed by atoms with van der Waals surface area (Å²) in [6.07, 6.45) is -2.82. The third-order valence-corrected chi connectivity index (χ3v) is 7.94. The number of benzene rings is 3. The highest BCUT2D eigenvalue weighted by atomic mass is 35.5. The zero-order chi connectivity index (χ0) is 24.7. The van der Waals surface area contributed by atoms with E-state index in [-0.39, 0.29) is 22.0 Å². The maximum atomic E-state index is 14.3. The number of anilines is 2. The number of hydrogen-bond donors (Lipinski definition) is 1. The molecule has 0 spiro atoms. The number of hydrogen-bond acceptors (Lipinski definition) is 2. The summed E-state index contributed by atoms with van der Waals surface area (Å²) in [6.45, 7) is 2.45. The van der Waals surface area contributed by atoms with Crippen LogP contribution in [0.1, 0.15) is 23.6 Å². The van der Waals surface area contributed by atoms with Crippen LogP contribution in [0.5, 0.6) is 0 Å². The Morgan fingerprint density at radius 1 is 1.15 bits per heavy atom. The van der Waals surface area contributed by atoms with Crippen molar-refractivity contribution in [1.29, 1.82) is 0 Å². The van der Waals surface area contributed by atoms with Crippen molar-refractivity contribution in [3.63, 3.8) is 0 Å². The number of fused-ring (bicyclic) bond motifs is 1. The van der Waals surface area contributed by atoms with E-state index in [4.69, 9.17) is 11.6 Å². The summed E-state index contributed by atoms with van der Waals surface area (Å²) in [5.74, 6) is 3.37. The number of allylic oxidation sites excluding steroid dienone is 1. The van der Waals surface area contributed by atoms with Crippen molar-refractivity contribution in [2.45, 2.75) is 18.0 Å². The lowest BCUT2D eigenvalue weighted by atomic mass is 10.0. The van der Waals surface area contributed by atoms with Gasteiger partial charge in [-0.05, 0) is 66.4 Å². The topological polar surface area (TPSA) is 32.3 Å². The van der Waals surface area contributed by atoms with Gasteiger partial charge in [0.15, 0.2) is 0 Å². The van der Waals surface area contributed by atoms with E-state index in [9.17, 15) is 21.8 Å². The third kappa shape index (κ3) is 4.65. The fraction of sp³-hybridized carbons (Fsp3) is 0.160. The van der Waals surface area contributed by atoms with Crippen molar-refractivity contribution in [3.05, 3.63) is 88.2 Å². The molecule has 3 nitrogen and oxygen atoms in total. The van der Waals surface area contributed by atoms with E-state index < -0.39 is 27.3 Å². The van der Waals surface area contributed by atoms with Crippen LogP contribution in [0.2, 0.25) is 5.02 Å². The predicted molar refractivity (Wildman–Crippen MR) is 132 cm³/mol. The number of nitrogens with one attached hydrogen (secondary N) is 1. The van der Waals surface area contributed by atoms with Gasteiger partial charge in [0.05, 0.1) is 36.6 Å². The van der Waals surface area contributed by atoms with Crippen molar-refractivity contribution in [1.82, 2.24) is 0 Å². The standard InChI is InChI=1S/C25H21ClF4N2OS/c1-16(24-20(26)7-4-8-21(24)27)13-17-9-10-22-23(14-17)32(12-11-31-22)34(2,33)19-6-3-5-18(15-19)25(28,29)30/h3-10,13-15,31H,2,11-12H2,1H3/b16-13+. The molecule has 1 aliphatic heterocycles. The molecule has 0 saturated carbocycles. The Hall–Kier alpha value is -2.97. The van der Waals surface area contributed by atoms with Gasteiger partial charge < -0.3 is 5.32 Å². The molecule has 1 heterocycles. The zero-order valence-electron chi connectivity index (χ0n) is 18.1. The molecule has 0 radical (unpaired) electrons. The first-order valence-electron chi connectivity index (χ1n) is 10.3. The molecule has 4 rings (SSSR count). The fourth-order valence-corrected chi connectivity index (χ4v) is 5.93. The molecule has 0 aliphatic carbocycles. The Balaban J connectivity index is 1.76. The lowest BCUT2D eigenvalue weighted by Crippen LogP contribution is -2.38. The van der Waals surface area contributed by atoms with Crippen LogP contribution in [0, 0.1) is 5.82 Å². The molecule has 0 bridgehead atoms. The molecule has 3 aromatic rings. The second kappa shape index (κ2) is 9.00. The maximum Gasteiger partial charge on any atom is 0.416 e. The van der Waals surface area contributed by atoms with Crippen molar-refractivity contribution >= 4 is 50.2 Å². The molecular formula is C25H21ClF4N2OS. The van der Waals surface area contributed by atoms with Gasteiger partial charge in [-0.25, -0.2) is 8.60 Å². The van der Waals surface area contributed by atoms with E-state index in [0.29, 0.717) is 29.1 Å². The van der Waals surface area contributed by atoms with Crippen LogP contribution in [-0.4, -0.2) is 23.2 Å². The average Bonchev–Trinajstić information content (AvgIpc) is 2.78. The molecule has 0 fully saturated rings. The first-order chi connectivity index (χ1) is 16.0. The SMILES string of the molecule is C=S(=O)(c1cccc(C(F)(F)F)c1)N1CCNc2ccc(/C=C(\C)c3c(F)cccc3Cl)cc21. The highest BCUT2D eigenvalue weighted by Gasteiger charge is 2.32. The Labute approximate surface area is 200 Å². The van der Waals surface area contributed by atoms with Gasteiger partial charge >= 0.3 is 6.18 Å². The van der Waals surface area contributed by atoms with E-state index >= 15 is 0 Å². The molecule has 0 amide bonds. The number of rotatable bonds is 4. The Morgan fingerprint density at radius 3 is 2.59 bits per heavy atom. The van der Waals surface area contributed by atoms with Gasteiger partial charge in [-0.15, -0.1) is 0 Å². The summed E-state index contributed by atoms with van der Waals surface area (Å²) in [7, 11) is -3.28. The van der Waals surface area contributed by atoms with Gasteiger partial charge in [0.2, 0.25) is 0 Å². The summed E-state index contributed by atoms with van der Waals surface area (Å²) in [4.78, 5) is -0.00885. The first-order valence-corrected chi connectivity index (χ1v) is 12.4. The minimum Gasteiger partial charge on any atom is -0.382 e. The summed E-state index contributed by atoms with van der Waals surface area (Å²) in [5, 5.41) is 3.48. The van der Waals surface area contributed by atoms with Crippen molar-refractivity contribution in [3.8, 4) is 0 Å². The highest BCUT2D eigenvalue weighted by molar-refractivity contribution is 8.01. The van der Waals surface area contributed by atoms with E-state index in [1.165, 1.54) is 28.6 Å². The largest absolute Gasteiger partial charge is 0.416 e. The van der Waals surface area contributed by atoms with Crippen LogP contribution in [-0.2, 0) is 15.9 Å². The second-order valence-electron chi connectivity index (χ2n) is 7.90. The molecule has 1 atom stereocenters. The van der Waals surface area contributed by atoms with E-state index in [1.807, 2.05) is 6.07 Å². The fourth-order valence-electron chi connectivity index (χ4n) is 3.91. The lowest BCUT2D eigenvalue weighted by Gasteiger charge is -2.34. The quantitative estimate of drug-likeness (QED) is 0.234. The zero-order valence-corrected chi connectivity index (χ0v) is 19.7. The molecule has 0 saturated heterocycles. The van der Waals surface area contributed by atoms with Crippen LogP contribution in [0.4, 0.5) is 28.9 Å². The number of nitrogens with zero attached hydrogens (tertiary/aromatic N) is 1. The Kier molecular flexibility index (Phi) is 6.40. The van der Waals surface area contributed by atoms with Gasteiger partial charge in [-0.2, -0.15) is 13.2 Å². The Morgan fingerprint density at radius 2 is 1.88 bits per heavy atom.